The number of imidazole rings is 1. The molecule has 1 aliphatic carbocycles. The van der Waals surface area contributed by atoms with Crippen LogP contribution in [0.1, 0.15) is 49.5 Å². The number of nitrogens with one attached hydrogen (secondary N) is 1. The molecule has 1 aromatic rings. The van der Waals surface area contributed by atoms with Crippen LogP contribution in [0.3, 0.4) is 0 Å². The summed E-state index contributed by atoms with van der Waals surface area (Å²) in [7, 11) is 1.66. The fourth-order valence-electron chi connectivity index (χ4n) is 3.60. The van der Waals surface area contributed by atoms with E-state index < -0.39 is 0 Å². The summed E-state index contributed by atoms with van der Waals surface area (Å²) in [4.78, 5) is 31.0. The molecule has 24 heavy (non-hydrogen) atoms. The van der Waals surface area contributed by atoms with Crippen molar-refractivity contribution < 1.29 is 4.79 Å². The molecule has 1 aliphatic heterocycles. The molecular formula is C18H30N4O2. The molecule has 0 atom stereocenters. The molecule has 1 saturated carbocycles. The van der Waals surface area contributed by atoms with Crippen molar-refractivity contribution in [2.75, 3.05) is 32.7 Å². The zero-order chi connectivity index (χ0) is 17.1. The molecule has 1 aromatic heterocycles. The van der Waals surface area contributed by atoms with Crippen molar-refractivity contribution in [3.8, 4) is 0 Å². The van der Waals surface area contributed by atoms with Crippen molar-refractivity contribution >= 4 is 5.91 Å². The minimum absolute atomic E-state index is 0.0462. The molecule has 134 valence electrons. The third-order valence-corrected chi connectivity index (χ3v) is 5.53. The zero-order valence-corrected chi connectivity index (χ0v) is 15.0. The summed E-state index contributed by atoms with van der Waals surface area (Å²) < 4.78 is 1.42. The van der Waals surface area contributed by atoms with Gasteiger partial charge in [0.05, 0.1) is 0 Å². The highest BCUT2D eigenvalue weighted by atomic mass is 16.2. The van der Waals surface area contributed by atoms with E-state index in [1.807, 2.05) is 4.90 Å². The Morgan fingerprint density at radius 2 is 1.96 bits per heavy atom. The molecule has 0 unspecified atom stereocenters. The first kappa shape index (κ1) is 17.3. The van der Waals surface area contributed by atoms with Gasteiger partial charge < -0.3 is 19.4 Å². The van der Waals surface area contributed by atoms with Crippen LogP contribution in [0.15, 0.2) is 11.0 Å². The van der Waals surface area contributed by atoms with Gasteiger partial charge in [-0.15, -0.1) is 0 Å². The van der Waals surface area contributed by atoms with Gasteiger partial charge in [0.25, 0.3) is 5.91 Å². The summed E-state index contributed by atoms with van der Waals surface area (Å²) in [6.07, 6.45) is 7.81. The largest absolute Gasteiger partial charge is 0.337 e. The Kier molecular flexibility index (Phi) is 5.43. The molecule has 1 saturated heterocycles. The van der Waals surface area contributed by atoms with Crippen LogP contribution in [0.25, 0.3) is 0 Å². The predicted molar refractivity (Wildman–Crippen MR) is 94.1 cm³/mol. The molecule has 1 N–H and O–H groups in total. The second-order valence-electron chi connectivity index (χ2n) is 7.44. The fraction of sp³-hybridized carbons (Fsp3) is 0.778. The van der Waals surface area contributed by atoms with Crippen molar-refractivity contribution in [3.63, 3.8) is 0 Å². The molecule has 0 spiro atoms. The first-order valence-corrected chi connectivity index (χ1v) is 9.34. The Morgan fingerprint density at radius 3 is 2.50 bits per heavy atom. The Balaban J connectivity index is 1.43. The minimum atomic E-state index is -0.233. The average Bonchev–Trinajstić information content (AvgIpc) is 3.35. The zero-order valence-electron chi connectivity index (χ0n) is 15.0. The standard InChI is InChI=1S/C18H30N4O2/c1-3-21(12-15-4-5-15)9-6-14-7-10-22(11-8-14)17(23)16-13-20(2)18(24)19-16/h13-15H,3-12H2,1-2H3,(H,19,24). The second-order valence-corrected chi connectivity index (χ2v) is 7.44. The number of H-pyrrole nitrogens is 1. The second kappa shape index (κ2) is 7.55. The van der Waals surface area contributed by atoms with Gasteiger partial charge in [-0.05, 0) is 57.0 Å². The third-order valence-electron chi connectivity index (χ3n) is 5.53. The fourth-order valence-corrected chi connectivity index (χ4v) is 3.60. The van der Waals surface area contributed by atoms with Crippen LogP contribution in [0.4, 0.5) is 0 Å². The summed E-state index contributed by atoms with van der Waals surface area (Å²) in [5.41, 5.74) is 0.172. The number of hydrogen-bond acceptors (Lipinski definition) is 3. The van der Waals surface area contributed by atoms with Crippen molar-refractivity contribution in [2.24, 2.45) is 18.9 Å². The number of carbonyl (C=O) groups excluding carboxylic acids is 1. The van der Waals surface area contributed by atoms with E-state index in [0.29, 0.717) is 5.69 Å². The maximum Gasteiger partial charge on any atom is 0.325 e. The van der Waals surface area contributed by atoms with E-state index in [1.54, 1.807) is 13.2 Å². The summed E-state index contributed by atoms with van der Waals surface area (Å²) in [6.45, 7) is 7.47. The molecule has 6 nitrogen and oxygen atoms in total. The van der Waals surface area contributed by atoms with E-state index >= 15 is 0 Å². The lowest BCUT2D eigenvalue weighted by atomic mass is 9.93. The SMILES string of the molecule is CCN(CCC1CCN(C(=O)c2cn(C)c(=O)[nH]2)CC1)CC1CC1. The maximum atomic E-state index is 12.4. The van der Waals surface area contributed by atoms with Crippen LogP contribution in [-0.4, -0.2) is 58.0 Å². The predicted octanol–water partition coefficient (Wildman–Crippen LogP) is 1.69. The molecular weight excluding hydrogens is 304 g/mol. The quantitative estimate of drug-likeness (QED) is 0.825. The van der Waals surface area contributed by atoms with Gasteiger partial charge in [0, 0.05) is 32.9 Å². The van der Waals surface area contributed by atoms with Crippen molar-refractivity contribution in [2.45, 2.75) is 39.0 Å². The number of amides is 1. The Labute approximate surface area is 143 Å². The number of piperidine rings is 1. The first-order valence-electron chi connectivity index (χ1n) is 9.34. The van der Waals surface area contributed by atoms with Crippen molar-refractivity contribution in [3.05, 3.63) is 22.4 Å². The molecule has 2 heterocycles. The molecule has 0 bridgehead atoms. The number of hydrogen-bond donors (Lipinski definition) is 1. The van der Waals surface area contributed by atoms with Gasteiger partial charge in [0.15, 0.2) is 0 Å². The summed E-state index contributed by atoms with van der Waals surface area (Å²) in [5, 5.41) is 0. The van der Waals surface area contributed by atoms with Gasteiger partial charge >= 0.3 is 5.69 Å². The summed E-state index contributed by atoms with van der Waals surface area (Å²) in [5.74, 6) is 1.63. The highest BCUT2D eigenvalue weighted by molar-refractivity contribution is 5.92. The number of aryl methyl sites for hydroxylation is 1. The van der Waals surface area contributed by atoms with Crippen LogP contribution in [0.5, 0.6) is 0 Å². The summed E-state index contributed by atoms with van der Waals surface area (Å²) in [6, 6.07) is 0. The Bertz CT molecular complexity index is 609. The highest BCUT2D eigenvalue weighted by Crippen LogP contribution is 2.30. The number of rotatable bonds is 7. The van der Waals surface area contributed by atoms with Crippen LogP contribution in [0.2, 0.25) is 0 Å². The Morgan fingerprint density at radius 1 is 1.25 bits per heavy atom. The topological polar surface area (TPSA) is 61.3 Å². The van der Waals surface area contributed by atoms with E-state index in [1.165, 1.54) is 36.9 Å². The van der Waals surface area contributed by atoms with Crippen molar-refractivity contribution in [1.82, 2.24) is 19.4 Å². The first-order chi connectivity index (χ1) is 11.6. The number of aromatic amines is 1. The van der Waals surface area contributed by atoms with Crippen LogP contribution in [-0.2, 0) is 7.05 Å². The Hall–Kier alpha value is -1.56. The third kappa shape index (κ3) is 4.29. The lowest BCUT2D eigenvalue weighted by molar-refractivity contribution is 0.0675. The summed E-state index contributed by atoms with van der Waals surface area (Å²) >= 11 is 0. The van der Waals surface area contributed by atoms with Crippen LogP contribution >= 0.6 is 0 Å². The molecule has 0 aromatic carbocycles. The number of nitrogens with zero attached hydrogens (tertiary/aromatic N) is 3. The molecule has 3 rings (SSSR count). The van der Waals surface area contributed by atoms with E-state index in [9.17, 15) is 9.59 Å². The average molecular weight is 334 g/mol. The number of carbonyl (C=O) groups is 1. The van der Waals surface area contributed by atoms with Gasteiger partial charge in [-0.1, -0.05) is 6.92 Å². The van der Waals surface area contributed by atoms with Crippen molar-refractivity contribution in [1.29, 1.82) is 0 Å². The minimum Gasteiger partial charge on any atom is -0.337 e. The lowest BCUT2D eigenvalue weighted by Gasteiger charge is -2.33. The number of aromatic nitrogens is 2. The van der Waals surface area contributed by atoms with Gasteiger partial charge in [-0.3, -0.25) is 4.79 Å². The van der Waals surface area contributed by atoms with E-state index in [4.69, 9.17) is 0 Å². The van der Waals surface area contributed by atoms with E-state index in [0.717, 1.165) is 44.3 Å². The molecule has 0 radical (unpaired) electrons. The molecule has 6 heteroatoms. The lowest BCUT2D eigenvalue weighted by Crippen LogP contribution is -2.39. The van der Waals surface area contributed by atoms with Gasteiger partial charge in [0.2, 0.25) is 0 Å². The number of likely N-dealkylation sites (tertiary alicyclic amines) is 1. The van der Waals surface area contributed by atoms with Crippen LogP contribution < -0.4 is 5.69 Å². The molecule has 2 fully saturated rings. The van der Waals surface area contributed by atoms with Gasteiger partial charge in [0.1, 0.15) is 5.69 Å². The van der Waals surface area contributed by atoms with Gasteiger partial charge in [-0.2, -0.15) is 0 Å². The highest BCUT2D eigenvalue weighted by Gasteiger charge is 2.26. The van der Waals surface area contributed by atoms with Crippen LogP contribution in [0, 0.1) is 11.8 Å². The monoisotopic (exact) mass is 334 g/mol. The smallest absolute Gasteiger partial charge is 0.325 e. The normalized spacial score (nSPS) is 19.2. The molecule has 1 amide bonds. The molecule has 2 aliphatic rings. The van der Waals surface area contributed by atoms with E-state index in [-0.39, 0.29) is 11.6 Å². The maximum absolute atomic E-state index is 12.4. The van der Waals surface area contributed by atoms with Gasteiger partial charge in [-0.25, -0.2) is 4.79 Å². The van der Waals surface area contributed by atoms with E-state index in [2.05, 4.69) is 16.8 Å².